The molecule has 4 N–H and O–H groups in total. The van der Waals surface area contributed by atoms with Crippen LogP contribution in [0.5, 0.6) is 11.5 Å². The van der Waals surface area contributed by atoms with Crippen LogP contribution in [0.4, 0.5) is 4.39 Å². The third kappa shape index (κ3) is 3.79. The van der Waals surface area contributed by atoms with E-state index >= 15 is 0 Å². The summed E-state index contributed by atoms with van der Waals surface area (Å²) in [5, 5.41) is 3.18. The van der Waals surface area contributed by atoms with Crippen LogP contribution in [0.15, 0.2) is 55.4 Å². The summed E-state index contributed by atoms with van der Waals surface area (Å²) in [5.41, 5.74) is 6.06. The summed E-state index contributed by atoms with van der Waals surface area (Å²) < 4.78 is 20.2. The first-order chi connectivity index (χ1) is 13.0. The molecule has 1 aromatic carbocycles. The van der Waals surface area contributed by atoms with Crippen LogP contribution in [0.3, 0.4) is 0 Å². The third-order valence-electron chi connectivity index (χ3n) is 3.90. The fourth-order valence-electron chi connectivity index (χ4n) is 2.64. The second-order valence-corrected chi connectivity index (χ2v) is 5.71. The molecule has 8 heteroatoms. The number of nitrogens with one attached hydrogen (secondary N) is 2. The predicted octanol–water partition coefficient (Wildman–Crippen LogP) is 2.37. The number of fused-ring (bicyclic) bond motifs is 1. The molecule has 1 atom stereocenters. The van der Waals surface area contributed by atoms with Crippen molar-refractivity contribution in [3.63, 3.8) is 0 Å². The van der Waals surface area contributed by atoms with E-state index in [-0.39, 0.29) is 17.9 Å². The minimum Gasteiger partial charge on any atom is -0.453 e. The highest BCUT2D eigenvalue weighted by Gasteiger charge is 2.27. The van der Waals surface area contributed by atoms with Gasteiger partial charge in [0.05, 0.1) is 5.39 Å². The average molecular weight is 368 g/mol. The number of H-pyrrole nitrogens is 1. The molecule has 3 aromatic rings. The van der Waals surface area contributed by atoms with Gasteiger partial charge in [0.1, 0.15) is 17.3 Å². The lowest BCUT2D eigenvalue weighted by atomic mass is 9.97. The van der Waals surface area contributed by atoms with E-state index in [9.17, 15) is 14.0 Å². The molecule has 0 aliphatic carbocycles. The maximum Gasteiger partial charge on any atom is 0.237 e. The van der Waals surface area contributed by atoms with Crippen molar-refractivity contribution in [1.82, 2.24) is 15.3 Å². The Hall–Kier alpha value is -3.68. The number of hydrogen-bond donors (Lipinski definition) is 3. The summed E-state index contributed by atoms with van der Waals surface area (Å²) in [7, 11) is 0. The van der Waals surface area contributed by atoms with Gasteiger partial charge in [-0.1, -0.05) is 12.1 Å². The van der Waals surface area contributed by atoms with Gasteiger partial charge in [0.25, 0.3) is 0 Å². The van der Waals surface area contributed by atoms with Crippen molar-refractivity contribution in [2.75, 3.05) is 6.54 Å². The number of halogens is 1. The molecule has 0 fully saturated rings. The average Bonchev–Trinajstić information content (AvgIpc) is 3.11. The zero-order valence-corrected chi connectivity index (χ0v) is 14.2. The number of pyridine rings is 1. The van der Waals surface area contributed by atoms with Gasteiger partial charge in [0.2, 0.25) is 11.8 Å². The van der Waals surface area contributed by atoms with E-state index in [0.717, 1.165) is 6.07 Å². The van der Waals surface area contributed by atoms with E-state index in [0.29, 0.717) is 16.8 Å². The van der Waals surface area contributed by atoms with Gasteiger partial charge in [-0.05, 0) is 29.8 Å². The number of ether oxygens (including phenoxy) is 1. The summed E-state index contributed by atoms with van der Waals surface area (Å²) in [4.78, 5) is 30.9. The maximum atomic E-state index is 14.6. The maximum absolute atomic E-state index is 14.6. The van der Waals surface area contributed by atoms with E-state index in [4.69, 9.17) is 10.5 Å². The van der Waals surface area contributed by atoms with Crippen LogP contribution in [0.2, 0.25) is 0 Å². The van der Waals surface area contributed by atoms with E-state index in [1.807, 2.05) is 0 Å². The lowest BCUT2D eigenvalue weighted by Gasteiger charge is -2.15. The number of nitrogens with zero attached hydrogens (tertiary/aromatic N) is 1. The Bertz CT molecular complexity index is 1020. The molecule has 0 aliphatic rings. The Labute approximate surface area is 154 Å². The SMILES string of the molecule is C=CCNC(=O)C(C(N)=O)c1ccc(Oc2ccnc3[nH]ccc23)c(F)c1. The molecule has 138 valence electrons. The van der Waals surface area contributed by atoms with Gasteiger partial charge in [-0.25, -0.2) is 9.37 Å². The van der Waals surface area contributed by atoms with E-state index in [2.05, 4.69) is 21.9 Å². The van der Waals surface area contributed by atoms with Gasteiger partial charge in [0.15, 0.2) is 11.6 Å². The summed E-state index contributed by atoms with van der Waals surface area (Å²) in [6.07, 6.45) is 4.70. The molecular weight excluding hydrogens is 351 g/mol. The molecule has 3 rings (SSSR count). The largest absolute Gasteiger partial charge is 0.453 e. The Morgan fingerprint density at radius 3 is 2.85 bits per heavy atom. The Morgan fingerprint density at radius 1 is 1.33 bits per heavy atom. The van der Waals surface area contributed by atoms with Crippen molar-refractivity contribution < 1.29 is 18.7 Å². The van der Waals surface area contributed by atoms with Crippen LogP contribution in [-0.4, -0.2) is 28.3 Å². The molecule has 2 heterocycles. The zero-order chi connectivity index (χ0) is 19.4. The van der Waals surface area contributed by atoms with Crippen LogP contribution < -0.4 is 15.8 Å². The van der Waals surface area contributed by atoms with Crippen molar-refractivity contribution in [2.45, 2.75) is 5.92 Å². The normalized spacial score (nSPS) is 11.7. The number of amides is 2. The fraction of sp³-hybridized carbons (Fsp3) is 0.105. The summed E-state index contributed by atoms with van der Waals surface area (Å²) >= 11 is 0. The highest BCUT2D eigenvalue weighted by molar-refractivity contribution is 6.05. The molecule has 0 radical (unpaired) electrons. The number of primary amides is 1. The van der Waals surface area contributed by atoms with Crippen LogP contribution in [-0.2, 0) is 9.59 Å². The molecule has 0 aliphatic heterocycles. The van der Waals surface area contributed by atoms with Crippen LogP contribution in [0, 0.1) is 5.82 Å². The van der Waals surface area contributed by atoms with Crippen molar-refractivity contribution >= 4 is 22.8 Å². The number of benzene rings is 1. The van der Waals surface area contributed by atoms with Crippen molar-refractivity contribution in [1.29, 1.82) is 0 Å². The number of carbonyl (C=O) groups is 2. The molecule has 0 spiro atoms. The molecular formula is C19H17FN4O3. The first-order valence-electron chi connectivity index (χ1n) is 8.08. The number of hydrogen-bond acceptors (Lipinski definition) is 4. The van der Waals surface area contributed by atoms with Gasteiger partial charge < -0.3 is 20.8 Å². The van der Waals surface area contributed by atoms with Crippen LogP contribution in [0.25, 0.3) is 11.0 Å². The molecule has 2 aromatic heterocycles. The topological polar surface area (TPSA) is 110 Å². The third-order valence-corrected chi connectivity index (χ3v) is 3.90. The minimum absolute atomic E-state index is 0.0535. The predicted molar refractivity (Wildman–Crippen MR) is 97.7 cm³/mol. The smallest absolute Gasteiger partial charge is 0.237 e. The van der Waals surface area contributed by atoms with Gasteiger partial charge in [0, 0.05) is 18.9 Å². The lowest BCUT2D eigenvalue weighted by molar-refractivity contribution is -0.129. The molecule has 7 nitrogen and oxygen atoms in total. The number of carbonyl (C=O) groups excluding carboxylic acids is 2. The van der Waals surface area contributed by atoms with Gasteiger partial charge in [-0.15, -0.1) is 6.58 Å². The molecule has 2 amide bonds. The Balaban J connectivity index is 1.88. The molecule has 0 saturated heterocycles. The van der Waals surface area contributed by atoms with E-state index < -0.39 is 23.5 Å². The van der Waals surface area contributed by atoms with E-state index in [1.54, 1.807) is 18.3 Å². The number of nitrogens with two attached hydrogens (primary N) is 1. The number of aromatic amines is 1. The summed E-state index contributed by atoms with van der Waals surface area (Å²) in [6.45, 7) is 3.65. The molecule has 0 saturated carbocycles. The molecule has 1 unspecified atom stereocenters. The van der Waals surface area contributed by atoms with Crippen molar-refractivity contribution in [2.24, 2.45) is 5.73 Å². The number of aromatic nitrogens is 2. The zero-order valence-electron chi connectivity index (χ0n) is 14.2. The minimum atomic E-state index is -1.31. The first-order valence-corrected chi connectivity index (χ1v) is 8.08. The van der Waals surface area contributed by atoms with Crippen LogP contribution in [0.1, 0.15) is 11.5 Å². The summed E-state index contributed by atoms with van der Waals surface area (Å²) in [5.74, 6) is -3.18. The standard InChI is InChI=1S/C19H17FN4O3/c1-2-7-24-19(26)16(17(21)25)11-3-4-15(13(20)10-11)27-14-6-9-23-18-12(14)5-8-22-18/h2-6,8-10,16H,1,7H2,(H2,21,25)(H,22,23)(H,24,26). The van der Waals surface area contributed by atoms with Crippen molar-refractivity contribution in [3.8, 4) is 11.5 Å². The highest BCUT2D eigenvalue weighted by atomic mass is 19.1. The number of rotatable bonds is 7. The van der Waals surface area contributed by atoms with Gasteiger partial charge in [-0.3, -0.25) is 9.59 Å². The van der Waals surface area contributed by atoms with Gasteiger partial charge in [-0.2, -0.15) is 0 Å². The monoisotopic (exact) mass is 368 g/mol. The first kappa shape index (κ1) is 18.1. The summed E-state index contributed by atoms with van der Waals surface area (Å²) in [6, 6.07) is 7.21. The molecule has 27 heavy (non-hydrogen) atoms. The lowest BCUT2D eigenvalue weighted by Crippen LogP contribution is -2.37. The fourth-order valence-corrected chi connectivity index (χ4v) is 2.64. The Morgan fingerprint density at radius 2 is 2.15 bits per heavy atom. The highest BCUT2D eigenvalue weighted by Crippen LogP contribution is 2.31. The molecule has 0 bridgehead atoms. The second-order valence-electron chi connectivity index (χ2n) is 5.71. The Kier molecular flexibility index (Phi) is 5.16. The van der Waals surface area contributed by atoms with Gasteiger partial charge >= 0.3 is 0 Å². The van der Waals surface area contributed by atoms with Crippen molar-refractivity contribution in [3.05, 3.63) is 66.8 Å². The van der Waals surface area contributed by atoms with Crippen LogP contribution >= 0.6 is 0 Å². The second kappa shape index (κ2) is 7.69. The van der Waals surface area contributed by atoms with E-state index in [1.165, 1.54) is 24.4 Å². The quantitative estimate of drug-likeness (QED) is 0.439.